The number of nitrogens with zero attached hydrogens (tertiary/aromatic N) is 2. The molecule has 3 nitrogen and oxygen atoms in total. The van der Waals surface area contributed by atoms with Gasteiger partial charge in [-0.3, -0.25) is 4.68 Å². The summed E-state index contributed by atoms with van der Waals surface area (Å²) in [4.78, 5) is 0. The Labute approximate surface area is 108 Å². The van der Waals surface area contributed by atoms with Gasteiger partial charge in [0.25, 0.3) is 0 Å². The summed E-state index contributed by atoms with van der Waals surface area (Å²) >= 11 is 0. The SMILES string of the molecule is Cn1cc(CC2(N)CCc3ccccc3C2)cn1. The molecule has 0 spiro atoms. The van der Waals surface area contributed by atoms with E-state index in [1.54, 1.807) is 0 Å². The first-order chi connectivity index (χ1) is 8.65. The zero-order chi connectivity index (χ0) is 12.6. The average Bonchev–Trinajstić information content (AvgIpc) is 2.74. The van der Waals surface area contributed by atoms with Crippen LogP contribution in [0.2, 0.25) is 0 Å². The summed E-state index contributed by atoms with van der Waals surface area (Å²) in [6, 6.07) is 8.65. The maximum Gasteiger partial charge on any atom is 0.0522 e. The normalized spacial score (nSPS) is 22.8. The fourth-order valence-corrected chi connectivity index (χ4v) is 2.95. The smallest absolute Gasteiger partial charge is 0.0522 e. The summed E-state index contributed by atoms with van der Waals surface area (Å²) < 4.78 is 1.84. The number of benzene rings is 1. The van der Waals surface area contributed by atoms with Crippen LogP contribution in [-0.2, 0) is 26.3 Å². The molecule has 94 valence electrons. The van der Waals surface area contributed by atoms with Gasteiger partial charge in [-0.2, -0.15) is 5.10 Å². The molecule has 1 aromatic carbocycles. The second-order valence-corrected chi connectivity index (χ2v) is 5.51. The molecule has 1 aliphatic carbocycles. The van der Waals surface area contributed by atoms with Crippen molar-refractivity contribution >= 4 is 0 Å². The standard InChI is InChI=1S/C15H19N3/c1-18-11-12(10-17-18)8-15(16)7-6-13-4-2-3-5-14(13)9-15/h2-5,10-11H,6-9,16H2,1H3. The molecule has 3 heteroatoms. The van der Waals surface area contributed by atoms with E-state index >= 15 is 0 Å². The monoisotopic (exact) mass is 241 g/mol. The van der Waals surface area contributed by atoms with Crippen molar-refractivity contribution in [3.8, 4) is 0 Å². The molecule has 1 heterocycles. The van der Waals surface area contributed by atoms with Gasteiger partial charge in [0.1, 0.15) is 0 Å². The Hall–Kier alpha value is -1.61. The summed E-state index contributed by atoms with van der Waals surface area (Å²) in [6.45, 7) is 0. The van der Waals surface area contributed by atoms with Gasteiger partial charge < -0.3 is 5.73 Å². The Bertz CT molecular complexity index is 558. The molecule has 18 heavy (non-hydrogen) atoms. The fourth-order valence-electron chi connectivity index (χ4n) is 2.95. The lowest BCUT2D eigenvalue weighted by molar-refractivity contribution is 0.369. The van der Waals surface area contributed by atoms with Gasteiger partial charge in [0.05, 0.1) is 6.20 Å². The van der Waals surface area contributed by atoms with Gasteiger partial charge >= 0.3 is 0 Å². The molecule has 1 unspecified atom stereocenters. The van der Waals surface area contributed by atoms with E-state index in [-0.39, 0.29) is 5.54 Å². The van der Waals surface area contributed by atoms with Crippen LogP contribution in [0.5, 0.6) is 0 Å². The van der Waals surface area contributed by atoms with E-state index in [9.17, 15) is 0 Å². The van der Waals surface area contributed by atoms with Gasteiger partial charge in [0.2, 0.25) is 0 Å². The predicted octanol–water partition coefficient (Wildman–Crippen LogP) is 1.85. The van der Waals surface area contributed by atoms with Gasteiger partial charge in [0.15, 0.2) is 0 Å². The van der Waals surface area contributed by atoms with Crippen LogP contribution in [-0.4, -0.2) is 15.3 Å². The van der Waals surface area contributed by atoms with E-state index in [2.05, 4.69) is 35.6 Å². The Morgan fingerprint density at radius 1 is 1.33 bits per heavy atom. The number of hydrogen-bond donors (Lipinski definition) is 1. The minimum atomic E-state index is -0.114. The third-order valence-electron chi connectivity index (χ3n) is 3.87. The summed E-state index contributed by atoms with van der Waals surface area (Å²) in [5, 5.41) is 4.22. The number of rotatable bonds is 2. The average molecular weight is 241 g/mol. The highest BCUT2D eigenvalue weighted by atomic mass is 15.2. The zero-order valence-electron chi connectivity index (χ0n) is 10.8. The first kappa shape index (κ1) is 11.5. The second kappa shape index (κ2) is 4.25. The van der Waals surface area contributed by atoms with Gasteiger partial charge in [-0.15, -0.1) is 0 Å². The van der Waals surface area contributed by atoms with Crippen molar-refractivity contribution in [1.29, 1.82) is 0 Å². The largest absolute Gasteiger partial charge is 0.324 e. The predicted molar refractivity (Wildman–Crippen MR) is 72.3 cm³/mol. The van der Waals surface area contributed by atoms with Crippen molar-refractivity contribution in [1.82, 2.24) is 9.78 Å². The van der Waals surface area contributed by atoms with E-state index in [4.69, 9.17) is 5.73 Å². The fraction of sp³-hybridized carbons (Fsp3) is 0.400. The topological polar surface area (TPSA) is 43.8 Å². The maximum atomic E-state index is 6.58. The molecular weight excluding hydrogens is 222 g/mol. The molecule has 0 amide bonds. The van der Waals surface area contributed by atoms with E-state index in [0.717, 1.165) is 25.7 Å². The highest BCUT2D eigenvalue weighted by Gasteiger charge is 2.30. The van der Waals surface area contributed by atoms with Crippen molar-refractivity contribution < 1.29 is 0 Å². The van der Waals surface area contributed by atoms with Crippen LogP contribution >= 0.6 is 0 Å². The number of nitrogens with two attached hydrogens (primary N) is 1. The molecule has 3 rings (SSSR count). The highest BCUT2D eigenvalue weighted by molar-refractivity contribution is 5.32. The molecule has 0 saturated heterocycles. The number of hydrogen-bond acceptors (Lipinski definition) is 2. The first-order valence-electron chi connectivity index (χ1n) is 6.48. The van der Waals surface area contributed by atoms with Crippen LogP contribution in [0.25, 0.3) is 0 Å². The summed E-state index contributed by atoms with van der Waals surface area (Å²) in [7, 11) is 1.95. The first-order valence-corrected chi connectivity index (χ1v) is 6.48. The number of aromatic nitrogens is 2. The maximum absolute atomic E-state index is 6.58. The summed E-state index contributed by atoms with van der Waals surface area (Å²) in [6.07, 6.45) is 8.02. The summed E-state index contributed by atoms with van der Waals surface area (Å²) in [5.41, 5.74) is 10.6. The minimum absolute atomic E-state index is 0.114. The molecule has 2 N–H and O–H groups in total. The van der Waals surface area contributed by atoms with E-state index in [0.29, 0.717) is 0 Å². The van der Waals surface area contributed by atoms with E-state index < -0.39 is 0 Å². The van der Waals surface area contributed by atoms with Gasteiger partial charge in [-0.1, -0.05) is 24.3 Å². The Morgan fingerprint density at radius 2 is 2.11 bits per heavy atom. The van der Waals surface area contributed by atoms with Gasteiger partial charge in [0, 0.05) is 18.8 Å². The lowest BCUT2D eigenvalue weighted by Gasteiger charge is -2.34. The van der Waals surface area contributed by atoms with Crippen LogP contribution in [0.3, 0.4) is 0 Å². The quantitative estimate of drug-likeness (QED) is 0.872. The van der Waals surface area contributed by atoms with E-state index in [1.165, 1.54) is 16.7 Å². The van der Waals surface area contributed by atoms with Gasteiger partial charge in [-0.05, 0) is 42.4 Å². The van der Waals surface area contributed by atoms with Crippen molar-refractivity contribution in [3.63, 3.8) is 0 Å². The molecule has 1 atom stereocenters. The van der Waals surface area contributed by atoms with Gasteiger partial charge in [-0.25, -0.2) is 0 Å². The zero-order valence-corrected chi connectivity index (χ0v) is 10.8. The summed E-state index contributed by atoms with van der Waals surface area (Å²) in [5.74, 6) is 0. The van der Waals surface area contributed by atoms with Crippen molar-refractivity contribution in [3.05, 3.63) is 53.3 Å². The molecule has 0 bridgehead atoms. The lowest BCUT2D eigenvalue weighted by Crippen LogP contribution is -2.47. The molecule has 0 fully saturated rings. The highest BCUT2D eigenvalue weighted by Crippen LogP contribution is 2.29. The Balaban J connectivity index is 1.81. The lowest BCUT2D eigenvalue weighted by atomic mass is 9.76. The van der Waals surface area contributed by atoms with Crippen molar-refractivity contribution in [2.45, 2.75) is 31.2 Å². The molecular formula is C15H19N3. The van der Waals surface area contributed by atoms with Crippen LogP contribution in [0, 0.1) is 0 Å². The minimum Gasteiger partial charge on any atom is -0.324 e. The molecule has 1 aliphatic rings. The third-order valence-corrected chi connectivity index (χ3v) is 3.87. The number of fused-ring (bicyclic) bond motifs is 1. The van der Waals surface area contributed by atoms with Crippen LogP contribution < -0.4 is 5.73 Å². The van der Waals surface area contributed by atoms with Crippen molar-refractivity contribution in [2.24, 2.45) is 12.8 Å². The number of aryl methyl sites for hydroxylation is 2. The molecule has 2 aromatic rings. The Kier molecular flexibility index (Phi) is 2.71. The second-order valence-electron chi connectivity index (χ2n) is 5.51. The van der Waals surface area contributed by atoms with Crippen LogP contribution in [0.4, 0.5) is 0 Å². The third kappa shape index (κ3) is 2.18. The molecule has 0 radical (unpaired) electrons. The van der Waals surface area contributed by atoms with E-state index in [1.807, 2.05) is 17.9 Å². The van der Waals surface area contributed by atoms with Crippen molar-refractivity contribution in [2.75, 3.05) is 0 Å². The molecule has 0 saturated carbocycles. The molecule has 0 aliphatic heterocycles. The molecule has 1 aromatic heterocycles. The van der Waals surface area contributed by atoms with Crippen LogP contribution in [0.1, 0.15) is 23.1 Å². The van der Waals surface area contributed by atoms with Crippen LogP contribution in [0.15, 0.2) is 36.7 Å². The Morgan fingerprint density at radius 3 is 2.83 bits per heavy atom.